The summed E-state index contributed by atoms with van der Waals surface area (Å²) in [5.41, 5.74) is 1.76. The first-order chi connectivity index (χ1) is 13.9. The van der Waals surface area contributed by atoms with Gasteiger partial charge in [-0.2, -0.15) is 4.98 Å². The molecule has 2 aromatic carbocycles. The predicted molar refractivity (Wildman–Crippen MR) is 121 cm³/mol. The minimum Gasteiger partial charge on any atom is -0.348 e. The van der Waals surface area contributed by atoms with E-state index in [9.17, 15) is 4.79 Å². The fourth-order valence-electron chi connectivity index (χ4n) is 3.01. The molecule has 1 N–H and O–H groups in total. The van der Waals surface area contributed by atoms with Gasteiger partial charge in [0, 0.05) is 22.8 Å². The minimum atomic E-state index is -0.0826. The molecular weight excluding hydrogens is 428 g/mol. The highest BCUT2D eigenvalue weighted by Gasteiger charge is 2.21. The number of rotatable bonds is 7. The predicted octanol–water partition coefficient (Wildman–Crippen LogP) is 5.72. The topological polar surface area (TPSA) is 58.1 Å². The van der Waals surface area contributed by atoms with Gasteiger partial charge < -0.3 is 5.32 Å². The molecule has 150 valence electrons. The molecule has 29 heavy (non-hydrogen) atoms. The molecule has 0 aliphatic rings. The molecule has 1 amide bonds. The maximum atomic E-state index is 13.2. The molecule has 0 aliphatic carbocycles. The normalized spacial score (nSPS) is 11.9. The summed E-state index contributed by atoms with van der Waals surface area (Å²) < 4.78 is 0.870. The zero-order chi connectivity index (χ0) is 20.8. The Labute approximate surface area is 180 Å². The van der Waals surface area contributed by atoms with Crippen LogP contribution in [0.25, 0.3) is 0 Å². The molecule has 0 bridgehead atoms. The van der Waals surface area contributed by atoms with E-state index in [2.05, 4.69) is 64.1 Å². The highest BCUT2D eigenvalue weighted by molar-refractivity contribution is 9.10. The lowest BCUT2D eigenvalue weighted by atomic mass is 10.1. The Balaban J connectivity index is 1.86. The lowest BCUT2D eigenvalue weighted by Crippen LogP contribution is -2.35. The summed E-state index contributed by atoms with van der Waals surface area (Å²) in [6, 6.07) is 19.4. The number of carbonyl (C=O) groups excluding carboxylic acids is 1. The van der Waals surface area contributed by atoms with Gasteiger partial charge in [-0.3, -0.25) is 9.69 Å². The van der Waals surface area contributed by atoms with E-state index in [0.717, 1.165) is 10.0 Å². The second-order valence-corrected chi connectivity index (χ2v) is 8.25. The van der Waals surface area contributed by atoms with Gasteiger partial charge in [0.25, 0.3) is 5.91 Å². The number of nitrogens with one attached hydrogen (secondary N) is 1. The highest BCUT2D eigenvalue weighted by atomic mass is 79.9. The monoisotopic (exact) mass is 452 g/mol. The molecule has 3 aromatic rings. The van der Waals surface area contributed by atoms with Gasteiger partial charge in [0.05, 0.1) is 6.04 Å². The summed E-state index contributed by atoms with van der Waals surface area (Å²) in [6.07, 6.45) is 1.68. The Hall–Kier alpha value is -2.73. The van der Waals surface area contributed by atoms with Gasteiger partial charge >= 0.3 is 0 Å². The van der Waals surface area contributed by atoms with Crippen LogP contribution in [-0.2, 0) is 0 Å². The van der Waals surface area contributed by atoms with Crippen LogP contribution in [0, 0.1) is 5.92 Å². The fourth-order valence-corrected chi connectivity index (χ4v) is 3.41. The summed E-state index contributed by atoms with van der Waals surface area (Å²) >= 11 is 3.44. The summed E-state index contributed by atoms with van der Waals surface area (Å²) in [4.78, 5) is 23.9. The lowest BCUT2D eigenvalue weighted by Gasteiger charge is -2.24. The average Bonchev–Trinajstić information content (AvgIpc) is 2.72. The van der Waals surface area contributed by atoms with Crippen molar-refractivity contribution in [3.8, 4) is 0 Å². The molecule has 0 radical (unpaired) electrons. The van der Waals surface area contributed by atoms with E-state index in [1.807, 2.05) is 42.5 Å². The van der Waals surface area contributed by atoms with E-state index < -0.39 is 0 Å². The van der Waals surface area contributed by atoms with E-state index in [1.54, 1.807) is 17.2 Å². The first-order valence-corrected chi connectivity index (χ1v) is 10.5. The van der Waals surface area contributed by atoms with Crippen molar-refractivity contribution in [2.45, 2.75) is 26.8 Å². The van der Waals surface area contributed by atoms with Crippen LogP contribution in [0.15, 0.2) is 71.3 Å². The zero-order valence-electron chi connectivity index (χ0n) is 16.8. The summed E-state index contributed by atoms with van der Waals surface area (Å²) in [7, 11) is 0. The van der Waals surface area contributed by atoms with Crippen LogP contribution in [0.2, 0.25) is 0 Å². The summed E-state index contributed by atoms with van der Waals surface area (Å²) in [5.74, 6) is 1.29. The van der Waals surface area contributed by atoms with Gasteiger partial charge in [0.1, 0.15) is 5.82 Å². The average molecular weight is 453 g/mol. The smallest absolute Gasteiger partial charge is 0.259 e. The second-order valence-electron chi connectivity index (χ2n) is 7.34. The second kappa shape index (κ2) is 9.65. The van der Waals surface area contributed by atoms with Crippen LogP contribution in [-0.4, -0.2) is 22.4 Å². The molecular formula is C23H25BrN4O. The van der Waals surface area contributed by atoms with Crippen molar-refractivity contribution < 1.29 is 4.79 Å². The summed E-state index contributed by atoms with van der Waals surface area (Å²) in [5, 5.41) is 3.33. The van der Waals surface area contributed by atoms with Crippen LogP contribution in [0.3, 0.4) is 0 Å². The summed E-state index contributed by atoms with van der Waals surface area (Å²) in [6.45, 7) is 6.79. The van der Waals surface area contributed by atoms with E-state index in [0.29, 0.717) is 29.8 Å². The molecule has 0 aliphatic heterocycles. The van der Waals surface area contributed by atoms with E-state index in [-0.39, 0.29) is 11.9 Å². The minimum absolute atomic E-state index is 0.0470. The number of carbonyl (C=O) groups is 1. The number of hydrogen-bond donors (Lipinski definition) is 1. The van der Waals surface area contributed by atoms with Gasteiger partial charge in [0.15, 0.2) is 0 Å². The lowest BCUT2D eigenvalue weighted by molar-refractivity contribution is 0.0983. The van der Waals surface area contributed by atoms with Gasteiger partial charge in [0.2, 0.25) is 5.95 Å². The van der Waals surface area contributed by atoms with E-state index in [1.165, 1.54) is 0 Å². The molecule has 1 atom stereocenters. The van der Waals surface area contributed by atoms with Gasteiger partial charge in [-0.25, -0.2) is 4.98 Å². The first-order valence-electron chi connectivity index (χ1n) is 9.66. The SMILES string of the molecule is CC(C)CN(C(=O)c1cccc(Br)c1)c1ccnc(N[C@@H](C)c2ccccc2)n1. The van der Waals surface area contributed by atoms with Crippen LogP contribution in [0.5, 0.6) is 0 Å². The van der Waals surface area contributed by atoms with Gasteiger partial charge in [-0.05, 0) is 42.7 Å². The van der Waals surface area contributed by atoms with E-state index >= 15 is 0 Å². The van der Waals surface area contributed by atoms with Crippen LogP contribution >= 0.6 is 15.9 Å². The number of anilines is 2. The third-order valence-electron chi connectivity index (χ3n) is 4.43. The quantitative estimate of drug-likeness (QED) is 0.498. The van der Waals surface area contributed by atoms with Crippen molar-refractivity contribution in [1.29, 1.82) is 0 Å². The molecule has 0 saturated carbocycles. The number of hydrogen-bond acceptors (Lipinski definition) is 4. The molecule has 6 heteroatoms. The number of benzene rings is 2. The number of halogens is 1. The maximum Gasteiger partial charge on any atom is 0.259 e. The van der Waals surface area contributed by atoms with Crippen molar-refractivity contribution in [1.82, 2.24) is 9.97 Å². The van der Waals surface area contributed by atoms with Crippen molar-refractivity contribution >= 4 is 33.6 Å². The number of amides is 1. The number of nitrogens with zero attached hydrogens (tertiary/aromatic N) is 3. The Kier molecular flexibility index (Phi) is 6.99. The van der Waals surface area contributed by atoms with Gasteiger partial charge in [-0.1, -0.05) is 66.2 Å². The molecule has 1 aromatic heterocycles. The highest BCUT2D eigenvalue weighted by Crippen LogP contribution is 2.22. The van der Waals surface area contributed by atoms with Crippen molar-refractivity contribution in [2.24, 2.45) is 5.92 Å². The third kappa shape index (κ3) is 5.64. The molecule has 5 nitrogen and oxygen atoms in total. The fraction of sp³-hybridized carbons (Fsp3) is 0.261. The molecule has 1 heterocycles. The van der Waals surface area contributed by atoms with E-state index in [4.69, 9.17) is 0 Å². The largest absolute Gasteiger partial charge is 0.348 e. The molecule has 0 spiro atoms. The zero-order valence-corrected chi connectivity index (χ0v) is 18.4. The van der Waals surface area contributed by atoms with Crippen LogP contribution in [0.1, 0.15) is 42.7 Å². The first kappa shape index (κ1) is 21.0. The van der Waals surface area contributed by atoms with Crippen LogP contribution in [0.4, 0.5) is 11.8 Å². The van der Waals surface area contributed by atoms with Crippen LogP contribution < -0.4 is 10.2 Å². The third-order valence-corrected chi connectivity index (χ3v) is 4.92. The van der Waals surface area contributed by atoms with Gasteiger partial charge in [-0.15, -0.1) is 0 Å². The molecule has 0 unspecified atom stereocenters. The number of aromatic nitrogens is 2. The Morgan fingerprint density at radius 3 is 2.52 bits per heavy atom. The Morgan fingerprint density at radius 2 is 1.83 bits per heavy atom. The maximum absolute atomic E-state index is 13.2. The Morgan fingerprint density at radius 1 is 1.07 bits per heavy atom. The molecule has 0 fully saturated rings. The molecule has 0 saturated heterocycles. The van der Waals surface area contributed by atoms with Crippen molar-refractivity contribution in [3.05, 3.63) is 82.5 Å². The van der Waals surface area contributed by atoms with Crippen molar-refractivity contribution in [3.63, 3.8) is 0 Å². The Bertz CT molecular complexity index is 962. The van der Waals surface area contributed by atoms with Crippen molar-refractivity contribution in [2.75, 3.05) is 16.8 Å². The molecule has 3 rings (SSSR count). The standard InChI is InChI=1S/C23H25BrN4O/c1-16(2)15-28(22(29)19-10-7-11-20(24)14-19)21-12-13-25-23(27-21)26-17(3)18-8-5-4-6-9-18/h4-14,16-17H,15H2,1-3H3,(H,25,26,27)/t17-/m0/s1.